The number of methoxy groups -OCH3 is 1. The van der Waals surface area contributed by atoms with E-state index in [9.17, 15) is 4.79 Å². The number of carbonyl (C=O) groups is 1. The van der Waals surface area contributed by atoms with Gasteiger partial charge in [-0.1, -0.05) is 24.3 Å². The van der Waals surface area contributed by atoms with Gasteiger partial charge in [-0.3, -0.25) is 9.69 Å². The summed E-state index contributed by atoms with van der Waals surface area (Å²) in [5.41, 5.74) is 2.64. The van der Waals surface area contributed by atoms with Gasteiger partial charge in [0.25, 0.3) is 5.91 Å². The summed E-state index contributed by atoms with van der Waals surface area (Å²) in [6, 6.07) is 18.8. The first kappa shape index (κ1) is 16.2. The largest absolute Gasteiger partial charge is 0.497 e. The third-order valence-corrected chi connectivity index (χ3v) is 4.39. The highest BCUT2D eigenvalue weighted by Gasteiger charge is 2.31. The van der Waals surface area contributed by atoms with Crippen LogP contribution in [0.4, 0.5) is 5.69 Å². The van der Waals surface area contributed by atoms with Crippen LogP contribution in [0, 0.1) is 0 Å². The van der Waals surface area contributed by atoms with Crippen LogP contribution in [0.1, 0.15) is 5.69 Å². The number of fused-ring (bicyclic) bond motifs is 1. The van der Waals surface area contributed by atoms with Crippen LogP contribution in [0.2, 0.25) is 0 Å². The van der Waals surface area contributed by atoms with Crippen molar-refractivity contribution in [3.8, 4) is 5.75 Å². The Morgan fingerprint density at radius 3 is 2.69 bits per heavy atom. The number of thiocarbonyl (C=S) groups is 1. The number of anilines is 1. The fourth-order valence-corrected chi connectivity index (χ4v) is 3.12. The molecule has 5 nitrogen and oxygen atoms in total. The second-order valence-corrected chi connectivity index (χ2v) is 6.15. The van der Waals surface area contributed by atoms with Gasteiger partial charge in [0.15, 0.2) is 5.11 Å². The summed E-state index contributed by atoms with van der Waals surface area (Å²) in [5, 5.41) is 4.31. The third kappa shape index (κ3) is 2.91. The smallest absolute Gasteiger partial charge is 0.281 e. The summed E-state index contributed by atoms with van der Waals surface area (Å²) in [4.78, 5) is 18.8. The van der Waals surface area contributed by atoms with E-state index >= 15 is 0 Å². The number of ether oxygens (including phenoxy) is 1. The van der Waals surface area contributed by atoms with E-state index in [2.05, 4.69) is 10.3 Å². The van der Waals surface area contributed by atoms with Gasteiger partial charge in [-0.2, -0.15) is 0 Å². The number of pyridine rings is 1. The molecule has 26 heavy (non-hydrogen) atoms. The van der Waals surface area contributed by atoms with Crippen LogP contribution in [0.5, 0.6) is 5.75 Å². The summed E-state index contributed by atoms with van der Waals surface area (Å²) < 4.78 is 5.23. The van der Waals surface area contributed by atoms with Crippen LogP contribution in [-0.2, 0) is 4.79 Å². The molecule has 6 heteroatoms. The molecule has 0 radical (unpaired) electrons. The zero-order valence-corrected chi connectivity index (χ0v) is 14.8. The molecule has 0 aliphatic carbocycles. The highest BCUT2D eigenvalue weighted by Crippen LogP contribution is 2.23. The van der Waals surface area contributed by atoms with Gasteiger partial charge < -0.3 is 10.1 Å². The molecule has 1 aliphatic heterocycles. The Balaban J connectivity index is 1.67. The Labute approximate surface area is 155 Å². The Kier molecular flexibility index (Phi) is 4.10. The molecule has 1 aromatic heterocycles. The maximum Gasteiger partial charge on any atom is 0.281 e. The molecule has 0 atom stereocenters. The number of para-hydroxylation sites is 1. The molecule has 1 amide bonds. The van der Waals surface area contributed by atoms with E-state index in [1.54, 1.807) is 13.2 Å². The molecule has 3 aromatic rings. The molecule has 1 saturated heterocycles. The fraction of sp³-hybridized carbons (Fsp3) is 0.0500. The molecule has 128 valence electrons. The molecule has 1 fully saturated rings. The molecule has 2 heterocycles. The first-order chi connectivity index (χ1) is 12.7. The van der Waals surface area contributed by atoms with E-state index in [1.807, 2.05) is 60.7 Å². The van der Waals surface area contributed by atoms with Crippen LogP contribution in [0.25, 0.3) is 17.0 Å². The second kappa shape index (κ2) is 6.57. The van der Waals surface area contributed by atoms with Gasteiger partial charge in [-0.05, 0) is 54.7 Å². The Morgan fingerprint density at radius 1 is 1.12 bits per heavy atom. The van der Waals surface area contributed by atoms with Crippen LogP contribution in [0.15, 0.2) is 66.4 Å². The lowest BCUT2D eigenvalue weighted by atomic mass is 10.2. The predicted molar refractivity (Wildman–Crippen MR) is 106 cm³/mol. The van der Waals surface area contributed by atoms with Crippen LogP contribution in [-0.4, -0.2) is 23.1 Å². The summed E-state index contributed by atoms with van der Waals surface area (Å²) >= 11 is 5.32. The van der Waals surface area contributed by atoms with Gasteiger partial charge in [-0.15, -0.1) is 0 Å². The number of benzene rings is 2. The second-order valence-electron chi connectivity index (χ2n) is 5.76. The lowest BCUT2D eigenvalue weighted by Gasteiger charge is -2.13. The standard InChI is InChI=1S/C20H15N3O2S/c1-25-16-9-10-17-13(11-16)7-8-14(21-17)12-18-19(24)23(20(26)22-18)15-5-3-2-4-6-15/h2-12H,1H3,(H,22,26). The maximum absolute atomic E-state index is 12.7. The van der Waals surface area contributed by atoms with Crippen LogP contribution < -0.4 is 15.0 Å². The topological polar surface area (TPSA) is 54.5 Å². The molecule has 0 spiro atoms. The SMILES string of the molecule is COc1ccc2nc(C=C3NC(=S)N(c4ccccc4)C3=O)ccc2c1. The number of hydrogen-bond donors (Lipinski definition) is 1. The van der Waals surface area contributed by atoms with Crippen molar-refractivity contribution in [1.82, 2.24) is 10.3 Å². The number of hydrogen-bond acceptors (Lipinski definition) is 4. The average molecular weight is 361 g/mol. The maximum atomic E-state index is 12.7. The quantitative estimate of drug-likeness (QED) is 0.572. The first-order valence-electron chi connectivity index (χ1n) is 8.03. The van der Waals surface area contributed by atoms with Gasteiger partial charge in [0, 0.05) is 5.39 Å². The average Bonchev–Trinajstić information content (AvgIpc) is 2.95. The molecule has 0 unspecified atom stereocenters. The summed E-state index contributed by atoms with van der Waals surface area (Å²) in [6.45, 7) is 0. The van der Waals surface area contributed by atoms with Crippen molar-refractivity contribution >= 4 is 45.9 Å². The molecule has 1 N–H and O–H groups in total. The molecule has 2 aromatic carbocycles. The van der Waals surface area contributed by atoms with Gasteiger partial charge in [0.2, 0.25) is 0 Å². The zero-order valence-electron chi connectivity index (χ0n) is 14.0. The summed E-state index contributed by atoms with van der Waals surface area (Å²) in [7, 11) is 1.63. The van der Waals surface area contributed by atoms with E-state index in [1.165, 1.54) is 4.90 Å². The van der Waals surface area contributed by atoms with Crippen molar-refractivity contribution in [2.45, 2.75) is 0 Å². The minimum atomic E-state index is -0.196. The van der Waals surface area contributed by atoms with E-state index in [4.69, 9.17) is 17.0 Å². The Hall–Kier alpha value is -3.25. The molecular formula is C20H15N3O2S. The van der Waals surface area contributed by atoms with E-state index in [0.717, 1.165) is 22.3 Å². The van der Waals surface area contributed by atoms with Crippen molar-refractivity contribution in [1.29, 1.82) is 0 Å². The molecule has 1 aliphatic rings. The minimum absolute atomic E-state index is 0.196. The lowest BCUT2D eigenvalue weighted by Crippen LogP contribution is -2.30. The van der Waals surface area contributed by atoms with Gasteiger partial charge in [0.1, 0.15) is 11.4 Å². The Morgan fingerprint density at radius 2 is 1.92 bits per heavy atom. The predicted octanol–water partition coefficient (Wildman–Crippen LogP) is 3.51. The Bertz CT molecular complexity index is 1050. The van der Waals surface area contributed by atoms with Crippen molar-refractivity contribution in [3.05, 3.63) is 72.1 Å². The summed E-state index contributed by atoms with van der Waals surface area (Å²) in [6.07, 6.45) is 1.71. The number of nitrogens with one attached hydrogen (secondary N) is 1. The minimum Gasteiger partial charge on any atom is -0.497 e. The van der Waals surface area contributed by atoms with Crippen molar-refractivity contribution < 1.29 is 9.53 Å². The van der Waals surface area contributed by atoms with Gasteiger partial charge in [0.05, 0.1) is 24.0 Å². The number of aromatic nitrogens is 1. The number of nitrogens with zero attached hydrogens (tertiary/aromatic N) is 2. The van der Waals surface area contributed by atoms with E-state index < -0.39 is 0 Å². The van der Waals surface area contributed by atoms with Crippen LogP contribution >= 0.6 is 12.2 Å². The zero-order chi connectivity index (χ0) is 18.1. The summed E-state index contributed by atoms with van der Waals surface area (Å²) in [5.74, 6) is 0.583. The number of amides is 1. The number of rotatable bonds is 3. The highest BCUT2D eigenvalue weighted by atomic mass is 32.1. The first-order valence-corrected chi connectivity index (χ1v) is 8.43. The fourth-order valence-electron chi connectivity index (χ4n) is 2.82. The van der Waals surface area contributed by atoms with Crippen LogP contribution in [0.3, 0.4) is 0 Å². The van der Waals surface area contributed by atoms with Crippen molar-refractivity contribution in [3.63, 3.8) is 0 Å². The van der Waals surface area contributed by atoms with Gasteiger partial charge >= 0.3 is 0 Å². The van der Waals surface area contributed by atoms with E-state index in [-0.39, 0.29) is 5.91 Å². The third-order valence-electron chi connectivity index (χ3n) is 4.10. The normalized spacial score (nSPS) is 15.6. The molecule has 0 bridgehead atoms. The molecule has 0 saturated carbocycles. The monoisotopic (exact) mass is 361 g/mol. The molecule has 4 rings (SSSR count). The van der Waals surface area contributed by atoms with E-state index in [0.29, 0.717) is 16.5 Å². The van der Waals surface area contributed by atoms with Gasteiger partial charge in [-0.25, -0.2) is 4.98 Å². The van der Waals surface area contributed by atoms with Crippen molar-refractivity contribution in [2.75, 3.05) is 12.0 Å². The van der Waals surface area contributed by atoms with Crippen molar-refractivity contribution in [2.24, 2.45) is 0 Å². The highest BCUT2D eigenvalue weighted by molar-refractivity contribution is 7.80. The number of carbonyl (C=O) groups excluding carboxylic acids is 1. The lowest BCUT2D eigenvalue weighted by molar-refractivity contribution is -0.113. The molecular weight excluding hydrogens is 346 g/mol.